The van der Waals surface area contributed by atoms with Crippen LogP contribution >= 0.6 is 0 Å². The quantitative estimate of drug-likeness (QED) is 0.772. The number of aromatic nitrogens is 2. The van der Waals surface area contributed by atoms with Gasteiger partial charge in [0.25, 0.3) is 0 Å². The third-order valence-corrected chi connectivity index (χ3v) is 4.95. The van der Waals surface area contributed by atoms with E-state index in [2.05, 4.69) is 20.2 Å². The summed E-state index contributed by atoms with van der Waals surface area (Å²) in [5.74, 6) is 1.15. The molecule has 0 spiro atoms. The molecule has 0 atom stereocenters. The molecule has 0 saturated carbocycles. The van der Waals surface area contributed by atoms with Gasteiger partial charge in [0, 0.05) is 36.0 Å². The van der Waals surface area contributed by atoms with E-state index in [0.717, 1.165) is 43.3 Å². The first-order valence-electron chi connectivity index (χ1n) is 9.48. The lowest BCUT2D eigenvalue weighted by Crippen LogP contribution is -2.42. The second-order valence-corrected chi connectivity index (χ2v) is 7.08. The van der Waals surface area contributed by atoms with Gasteiger partial charge < -0.3 is 15.0 Å². The number of anilines is 1. The smallest absolute Gasteiger partial charge is 0.225 e. The first-order valence-corrected chi connectivity index (χ1v) is 9.48. The maximum Gasteiger partial charge on any atom is 0.225 e. The largest absolute Gasteiger partial charge is 0.497 e. The number of piperidine rings is 1. The van der Waals surface area contributed by atoms with Gasteiger partial charge in [-0.15, -0.1) is 0 Å². The highest BCUT2D eigenvalue weighted by Gasteiger charge is 2.26. The lowest BCUT2D eigenvalue weighted by Gasteiger charge is -2.31. The number of nitrogens with zero attached hydrogens (tertiary/aromatic N) is 3. The van der Waals surface area contributed by atoms with Crippen LogP contribution in [0.4, 0.5) is 5.95 Å². The van der Waals surface area contributed by atoms with Crippen molar-refractivity contribution >= 4 is 17.6 Å². The minimum absolute atomic E-state index is 0.00552. The molecule has 7 heteroatoms. The van der Waals surface area contributed by atoms with Gasteiger partial charge >= 0.3 is 0 Å². The third-order valence-electron chi connectivity index (χ3n) is 4.95. The second kappa shape index (κ2) is 8.82. The Hall–Kier alpha value is -2.96. The van der Waals surface area contributed by atoms with Crippen LogP contribution in [0.1, 0.15) is 34.6 Å². The van der Waals surface area contributed by atoms with Crippen LogP contribution < -0.4 is 15.0 Å². The zero-order valence-corrected chi connectivity index (χ0v) is 16.6. The fourth-order valence-electron chi connectivity index (χ4n) is 3.38. The molecule has 0 bridgehead atoms. The fourth-order valence-corrected chi connectivity index (χ4v) is 3.38. The molecule has 1 aromatic carbocycles. The van der Waals surface area contributed by atoms with E-state index in [-0.39, 0.29) is 24.2 Å². The maximum atomic E-state index is 12.5. The number of methoxy groups -OCH3 is 1. The number of benzene rings is 1. The van der Waals surface area contributed by atoms with Crippen LogP contribution in [0, 0.1) is 19.8 Å². The predicted octanol–water partition coefficient (Wildman–Crippen LogP) is 2.32. The minimum Gasteiger partial charge on any atom is -0.497 e. The van der Waals surface area contributed by atoms with Gasteiger partial charge in [-0.2, -0.15) is 0 Å². The molecular formula is C21H26N4O3. The van der Waals surface area contributed by atoms with Gasteiger partial charge in [0.1, 0.15) is 5.75 Å². The number of Topliss-reactive ketones (excluding diaryl/α,β-unsaturated/α-hetero) is 1. The van der Waals surface area contributed by atoms with Gasteiger partial charge in [0.2, 0.25) is 11.9 Å². The van der Waals surface area contributed by atoms with Crippen molar-refractivity contribution < 1.29 is 14.3 Å². The van der Waals surface area contributed by atoms with Gasteiger partial charge in [-0.05, 0) is 57.0 Å². The molecule has 2 heterocycles. The molecule has 1 fully saturated rings. The first-order chi connectivity index (χ1) is 13.5. The molecule has 0 radical (unpaired) electrons. The summed E-state index contributed by atoms with van der Waals surface area (Å²) < 4.78 is 5.09. The number of hydrogen-bond acceptors (Lipinski definition) is 6. The first kappa shape index (κ1) is 19.8. The van der Waals surface area contributed by atoms with Crippen LogP contribution in [0.2, 0.25) is 0 Å². The summed E-state index contributed by atoms with van der Waals surface area (Å²) in [5.41, 5.74) is 2.45. The van der Waals surface area contributed by atoms with Crippen LogP contribution in [-0.2, 0) is 4.79 Å². The van der Waals surface area contributed by atoms with Crippen LogP contribution in [0.5, 0.6) is 5.75 Å². The summed E-state index contributed by atoms with van der Waals surface area (Å²) >= 11 is 0. The topological polar surface area (TPSA) is 84.4 Å². The summed E-state index contributed by atoms with van der Waals surface area (Å²) in [4.78, 5) is 35.8. The van der Waals surface area contributed by atoms with Crippen molar-refractivity contribution in [1.29, 1.82) is 0 Å². The van der Waals surface area contributed by atoms with Crippen molar-refractivity contribution in [2.24, 2.45) is 5.92 Å². The van der Waals surface area contributed by atoms with E-state index < -0.39 is 0 Å². The van der Waals surface area contributed by atoms with Gasteiger partial charge in [0.15, 0.2) is 5.78 Å². The summed E-state index contributed by atoms with van der Waals surface area (Å²) in [6, 6.07) is 8.83. The van der Waals surface area contributed by atoms with Crippen LogP contribution in [0.15, 0.2) is 30.3 Å². The molecule has 7 nitrogen and oxygen atoms in total. The third kappa shape index (κ3) is 4.85. The van der Waals surface area contributed by atoms with E-state index in [1.54, 1.807) is 31.4 Å². The molecular weight excluding hydrogens is 356 g/mol. The number of ketones is 1. The maximum absolute atomic E-state index is 12.5. The van der Waals surface area contributed by atoms with Gasteiger partial charge in [-0.1, -0.05) is 0 Å². The predicted molar refractivity (Wildman–Crippen MR) is 107 cm³/mol. The van der Waals surface area contributed by atoms with Crippen LogP contribution in [0.3, 0.4) is 0 Å². The zero-order chi connectivity index (χ0) is 20.1. The fraction of sp³-hybridized carbons (Fsp3) is 0.429. The van der Waals surface area contributed by atoms with Gasteiger partial charge in [-0.25, -0.2) is 9.97 Å². The highest BCUT2D eigenvalue weighted by atomic mass is 16.5. The molecule has 1 saturated heterocycles. The molecule has 3 rings (SSSR count). The van der Waals surface area contributed by atoms with E-state index in [9.17, 15) is 9.59 Å². The van der Waals surface area contributed by atoms with Crippen molar-refractivity contribution in [3.05, 3.63) is 47.3 Å². The normalized spacial score (nSPS) is 14.6. The van der Waals surface area contributed by atoms with E-state index in [1.807, 2.05) is 19.9 Å². The lowest BCUT2D eigenvalue weighted by molar-refractivity contribution is -0.125. The van der Waals surface area contributed by atoms with Crippen LogP contribution in [-0.4, -0.2) is 48.4 Å². The number of carbonyl (C=O) groups excluding carboxylic acids is 2. The van der Waals surface area contributed by atoms with Crippen molar-refractivity contribution in [3.8, 4) is 5.75 Å². The Labute approximate surface area is 165 Å². The Bertz CT molecular complexity index is 823. The minimum atomic E-state index is -0.114. The average molecular weight is 382 g/mol. The van der Waals surface area contributed by atoms with E-state index in [1.165, 1.54) is 0 Å². The molecule has 1 N–H and O–H groups in total. The number of carbonyl (C=O) groups is 2. The van der Waals surface area contributed by atoms with Crippen molar-refractivity contribution in [1.82, 2.24) is 15.3 Å². The van der Waals surface area contributed by atoms with Gasteiger partial charge in [0.05, 0.1) is 13.7 Å². The molecule has 0 unspecified atom stereocenters. The summed E-state index contributed by atoms with van der Waals surface area (Å²) in [6.07, 6.45) is 1.44. The van der Waals surface area contributed by atoms with E-state index in [0.29, 0.717) is 11.3 Å². The molecule has 1 aliphatic rings. The Morgan fingerprint density at radius 3 is 2.29 bits per heavy atom. The van der Waals surface area contributed by atoms with E-state index >= 15 is 0 Å². The van der Waals surface area contributed by atoms with Crippen molar-refractivity contribution in [2.75, 3.05) is 31.6 Å². The summed E-state index contributed by atoms with van der Waals surface area (Å²) in [5, 5.41) is 2.78. The monoisotopic (exact) mass is 382 g/mol. The van der Waals surface area contributed by atoms with Gasteiger partial charge in [-0.3, -0.25) is 9.59 Å². The molecule has 1 amide bonds. The zero-order valence-electron chi connectivity index (χ0n) is 16.6. The summed E-state index contributed by atoms with van der Waals surface area (Å²) in [6.45, 7) is 5.38. The molecule has 0 aliphatic carbocycles. The standard InChI is InChI=1S/C21H26N4O3/c1-14-12-15(2)24-21(23-14)25-10-8-17(9-11-25)20(27)22-13-19(26)16-4-6-18(28-3)7-5-16/h4-7,12,17H,8-11,13H2,1-3H3,(H,22,27). The number of aryl methyl sites for hydroxylation is 2. The van der Waals surface area contributed by atoms with Crippen molar-refractivity contribution in [2.45, 2.75) is 26.7 Å². The Balaban J connectivity index is 1.48. The van der Waals surface area contributed by atoms with E-state index in [4.69, 9.17) is 4.74 Å². The number of rotatable bonds is 6. The Morgan fingerprint density at radius 1 is 1.11 bits per heavy atom. The number of amides is 1. The number of ether oxygens (including phenoxy) is 1. The number of nitrogens with one attached hydrogen (secondary N) is 1. The van der Waals surface area contributed by atoms with Crippen molar-refractivity contribution in [3.63, 3.8) is 0 Å². The second-order valence-electron chi connectivity index (χ2n) is 7.08. The highest BCUT2D eigenvalue weighted by Crippen LogP contribution is 2.21. The summed E-state index contributed by atoms with van der Waals surface area (Å²) in [7, 11) is 1.58. The van der Waals surface area contributed by atoms with Crippen LogP contribution in [0.25, 0.3) is 0 Å². The molecule has 2 aromatic rings. The molecule has 28 heavy (non-hydrogen) atoms. The average Bonchev–Trinajstić information content (AvgIpc) is 2.71. The molecule has 1 aliphatic heterocycles. The Morgan fingerprint density at radius 2 is 1.71 bits per heavy atom. The number of hydrogen-bond donors (Lipinski definition) is 1. The molecule has 1 aromatic heterocycles. The SMILES string of the molecule is COc1ccc(C(=O)CNC(=O)C2CCN(c3nc(C)cc(C)n3)CC2)cc1. The lowest BCUT2D eigenvalue weighted by atomic mass is 9.96. The molecule has 148 valence electrons. The highest BCUT2D eigenvalue weighted by molar-refractivity contribution is 5.99. The Kier molecular flexibility index (Phi) is 6.23.